The molecule has 4 nitrogen and oxygen atoms in total. The second-order valence-electron chi connectivity index (χ2n) is 5.58. The number of hydrogen-bond donors (Lipinski definition) is 0. The molecule has 0 N–H and O–H groups in total. The van der Waals surface area contributed by atoms with Gasteiger partial charge >= 0.3 is 6.09 Å². The highest BCUT2D eigenvalue weighted by molar-refractivity contribution is 5.88. The van der Waals surface area contributed by atoms with E-state index in [4.69, 9.17) is 4.74 Å². The minimum Gasteiger partial charge on any atom is -0.449 e. The zero-order chi connectivity index (χ0) is 15.5. The Hall–Kier alpha value is -2.62. The molecule has 0 spiro atoms. The van der Waals surface area contributed by atoms with Gasteiger partial charge in [0.25, 0.3) is 0 Å². The lowest BCUT2D eigenvalue weighted by Gasteiger charge is -2.30. The summed E-state index contributed by atoms with van der Waals surface area (Å²) in [6, 6.07) is 15.2. The van der Waals surface area contributed by atoms with Gasteiger partial charge in [-0.15, -0.1) is 0 Å². The Morgan fingerprint density at radius 3 is 2.23 bits per heavy atom. The Labute approximate surface area is 129 Å². The van der Waals surface area contributed by atoms with Gasteiger partial charge in [0, 0.05) is 23.7 Å². The van der Waals surface area contributed by atoms with Crippen LogP contribution in [0.2, 0.25) is 0 Å². The van der Waals surface area contributed by atoms with Gasteiger partial charge in [-0.3, -0.25) is 9.69 Å². The summed E-state index contributed by atoms with van der Waals surface area (Å²) in [6.07, 6.45) is 0.539. The highest BCUT2D eigenvalue weighted by Gasteiger charge is 2.25. The van der Waals surface area contributed by atoms with Gasteiger partial charge in [0.2, 0.25) is 0 Å². The largest absolute Gasteiger partial charge is 0.449 e. The lowest BCUT2D eigenvalue weighted by atomic mass is 10.0. The molecule has 0 aromatic heterocycles. The number of hydrogen-bond acceptors (Lipinski definition) is 3. The maximum Gasteiger partial charge on any atom is 0.414 e. The van der Waals surface area contributed by atoms with Gasteiger partial charge in [0.15, 0.2) is 0 Å². The molecule has 3 rings (SSSR count). The van der Waals surface area contributed by atoms with Gasteiger partial charge in [-0.1, -0.05) is 43.3 Å². The summed E-state index contributed by atoms with van der Waals surface area (Å²) in [6.45, 7) is 3.21. The van der Waals surface area contributed by atoms with E-state index in [9.17, 15) is 9.59 Å². The molecular weight excluding hydrogens is 278 g/mol. The number of ether oxygens (including phenoxy) is 1. The van der Waals surface area contributed by atoms with E-state index in [0.717, 1.165) is 23.1 Å². The maximum absolute atomic E-state index is 11.8. The van der Waals surface area contributed by atoms with Crippen molar-refractivity contribution >= 4 is 18.1 Å². The molecule has 1 heterocycles. The van der Waals surface area contributed by atoms with Crippen LogP contribution in [0, 0.1) is 5.92 Å². The van der Waals surface area contributed by atoms with Crippen molar-refractivity contribution in [3.05, 3.63) is 54.1 Å². The molecule has 0 saturated carbocycles. The van der Waals surface area contributed by atoms with Crippen molar-refractivity contribution in [3.8, 4) is 11.1 Å². The average Bonchev–Trinajstić information content (AvgIpc) is 2.57. The fraction of sp³-hybridized carbons (Fsp3) is 0.222. The van der Waals surface area contributed by atoms with Crippen molar-refractivity contribution in [2.75, 3.05) is 18.1 Å². The summed E-state index contributed by atoms with van der Waals surface area (Å²) in [5, 5.41) is 0. The molecule has 0 radical (unpaired) electrons. The lowest BCUT2D eigenvalue weighted by molar-refractivity contribution is 0.112. The van der Waals surface area contributed by atoms with E-state index < -0.39 is 0 Å². The first-order chi connectivity index (χ1) is 10.7. The number of nitrogens with zero attached hydrogens (tertiary/aromatic N) is 1. The Balaban J connectivity index is 1.82. The predicted molar refractivity (Wildman–Crippen MR) is 85.1 cm³/mol. The van der Waals surface area contributed by atoms with Crippen molar-refractivity contribution in [2.24, 2.45) is 5.92 Å². The van der Waals surface area contributed by atoms with Crippen LogP contribution >= 0.6 is 0 Å². The second-order valence-corrected chi connectivity index (χ2v) is 5.58. The summed E-state index contributed by atoms with van der Waals surface area (Å²) >= 11 is 0. The van der Waals surface area contributed by atoms with E-state index in [1.165, 1.54) is 0 Å². The Morgan fingerprint density at radius 2 is 1.64 bits per heavy atom. The third-order valence-corrected chi connectivity index (χ3v) is 3.77. The van der Waals surface area contributed by atoms with Crippen LogP contribution in [0.4, 0.5) is 10.5 Å². The second kappa shape index (κ2) is 6.02. The van der Waals surface area contributed by atoms with Gasteiger partial charge in [-0.2, -0.15) is 0 Å². The van der Waals surface area contributed by atoms with E-state index in [0.29, 0.717) is 24.6 Å². The third kappa shape index (κ3) is 2.86. The lowest BCUT2D eigenvalue weighted by Crippen LogP contribution is -2.42. The molecule has 1 saturated heterocycles. The Morgan fingerprint density at radius 1 is 1.05 bits per heavy atom. The minimum absolute atomic E-state index is 0.291. The third-order valence-electron chi connectivity index (χ3n) is 3.77. The van der Waals surface area contributed by atoms with Gasteiger partial charge in [-0.25, -0.2) is 4.79 Å². The molecule has 0 unspecified atom stereocenters. The van der Waals surface area contributed by atoms with Gasteiger partial charge in [0.1, 0.15) is 6.29 Å². The molecular formula is C18H17NO3. The molecule has 2 aromatic rings. The molecule has 1 atom stereocenters. The zero-order valence-electron chi connectivity index (χ0n) is 12.4. The van der Waals surface area contributed by atoms with Gasteiger partial charge < -0.3 is 4.74 Å². The minimum atomic E-state index is -0.291. The van der Waals surface area contributed by atoms with Crippen LogP contribution in [-0.4, -0.2) is 25.5 Å². The molecule has 2 aromatic carbocycles. The number of amides is 1. The number of benzene rings is 2. The van der Waals surface area contributed by atoms with E-state index in [-0.39, 0.29) is 6.09 Å². The monoisotopic (exact) mass is 295 g/mol. The van der Waals surface area contributed by atoms with Crippen LogP contribution in [0.15, 0.2) is 48.5 Å². The first kappa shape index (κ1) is 14.3. The number of anilines is 1. The quantitative estimate of drug-likeness (QED) is 0.810. The first-order valence-electron chi connectivity index (χ1n) is 7.27. The first-order valence-corrected chi connectivity index (χ1v) is 7.27. The Bertz CT molecular complexity index is 676. The molecule has 1 amide bonds. The summed E-state index contributed by atoms with van der Waals surface area (Å²) in [7, 11) is 0. The van der Waals surface area contributed by atoms with Crippen LogP contribution in [0.3, 0.4) is 0 Å². The van der Waals surface area contributed by atoms with E-state index in [1.807, 2.05) is 36.4 Å². The number of carbonyl (C=O) groups excluding carboxylic acids is 2. The van der Waals surface area contributed by atoms with Crippen molar-refractivity contribution in [3.63, 3.8) is 0 Å². The van der Waals surface area contributed by atoms with Crippen molar-refractivity contribution in [1.82, 2.24) is 0 Å². The molecule has 1 aliphatic heterocycles. The molecule has 1 aliphatic rings. The maximum atomic E-state index is 11.8. The molecule has 22 heavy (non-hydrogen) atoms. The number of rotatable bonds is 3. The molecule has 4 heteroatoms. The number of cyclic esters (lactones) is 1. The molecule has 0 bridgehead atoms. The summed E-state index contributed by atoms with van der Waals surface area (Å²) < 4.78 is 5.15. The highest BCUT2D eigenvalue weighted by Crippen LogP contribution is 2.25. The normalized spacial score (nSPS) is 18.0. The zero-order valence-corrected chi connectivity index (χ0v) is 12.4. The van der Waals surface area contributed by atoms with Gasteiger partial charge in [-0.05, 0) is 23.3 Å². The number of carbonyl (C=O) groups is 2. The SMILES string of the molecule is C[C@@H]1COC(=O)N(c2ccc(-c3ccc(C=O)cc3)cc2)C1. The summed E-state index contributed by atoms with van der Waals surface area (Å²) in [4.78, 5) is 24.2. The van der Waals surface area contributed by atoms with E-state index in [1.54, 1.807) is 17.0 Å². The Kier molecular flexibility index (Phi) is 3.92. The smallest absolute Gasteiger partial charge is 0.414 e. The fourth-order valence-corrected chi connectivity index (χ4v) is 2.53. The topological polar surface area (TPSA) is 46.6 Å². The predicted octanol–water partition coefficient (Wildman–Crippen LogP) is 3.76. The molecule has 112 valence electrons. The van der Waals surface area contributed by atoms with E-state index in [2.05, 4.69) is 6.92 Å². The average molecular weight is 295 g/mol. The van der Waals surface area contributed by atoms with E-state index >= 15 is 0 Å². The molecule has 1 fully saturated rings. The van der Waals surface area contributed by atoms with Crippen LogP contribution < -0.4 is 4.90 Å². The summed E-state index contributed by atoms with van der Waals surface area (Å²) in [5.41, 5.74) is 3.57. The molecule has 0 aliphatic carbocycles. The fourth-order valence-electron chi connectivity index (χ4n) is 2.53. The highest BCUT2D eigenvalue weighted by atomic mass is 16.6. The van der Waals surface area contributed by atoms with Crippen LogP contribution in [-0.2, 0) is 4.74 Å². The van der Waals surface area contributed by atoms with Gasteiger partial charge in [0.05, 0.1) is 6.61 Å². The van der Waals surface area contributed by atoms with Crippen LogP contribution in [0.1, 0.15) is 17.3 Å². The van der Waals surface area contributed by atoms with Crippen molar-refractivity contribution in [2.45, 2.75) is 6.92 Å². The van der Waals surface area contributed by atoms with Crippen molar-refractivity contribution in [1.29, 1.82) is 0 Å². The van der Waals surface area contributed by atoms with Crippen LogP contribution in [0.25, 0.3) is 11.1 Å². The summed E-state index contributed by atoms with van der Waals surface area (Å²) in [5.74, 6) is 0.327. The standard InChI is InChI=1S/C18H17NO3/c1-13-10-19(18(21)22-12-13)17-8-6-16(7-9-17)15-4-2-14(11-20)3-5-15/h2-9,11,13H,10,12H2,1H3/t13-/m0/s1. The van der Waals surface area contributed by atoms with Crippen LogP contribution in [0.5, 0.6) is 0 Å². The number of aldehydes is 1. The van der Waals surface area contributed by atoms with Crippen molar-refractivity contribution < 1.29 is 14.3 Å².